The predicted octanol–water partition coefficient (Wildman–Crippen LogP) is 0.824. The van der Waals surface area contributed by atoms with Gasteiger partial charge in [-0.2, -0.15) is 0 Å². The zero-order valence-corrected chi connectivity index (χ0v) is 15.7. The molecule has 0 aromatic carbocycles. The number of nitrogens with one attached hydrogen (secondary N) is 2. The predicted molar refractivity (Wildman–Crippen MR) is 95.7 cm³/mol. The molecule has 1 heterocycles. The third-order valence-electron chi connectivity index (χ3n) is 4.65. The molecular formula is C18H34N4O2. The molecule has 2 N–H and O–H groups in total. The Morgan fingerprint density at radius 2 is 1.54 bits per heavy atom. The van der Waals surface area contributed by atoms with Crippen molar-refractivity contribution in [2.24, 2.45) is 5.92 Å². The maximum Gasteiger partial charge on any atom is 0.234 e. The molecule has 0 bridgehead atoms. The van der Waals surface area contributed by atoms with Crippen LogP contribution in [0.25, 0.3) is 0 Å². The lowest BCUT2D eigenvalue weighted by molar-refractivity contribution is -0.124. The van der Waals surface area contributed by atoms with Gasteiger partial charge in [-0.05, 0) is 66.0 Å². The van der Waals surface area contributed by atoms with E-state index >= 15 is 0 Å². The normalized spacial score (nSPS) is 21.8. The van der Waals surface area contributed by atoms with Gasteiger partial charge in [-0.15, -0.1) is 0 Å². The molecule has 2 fully saturated rings. The summed E-state index contributed by atoms with van der Waals surface area (Å²) < 4.78 is 0. The van der Waals surface area contributed by atoms with E-state index in [9.17, 15) is 9.59 Å². The average molecular weight is 338 g/mol. The van der Waals surface area contributed by atoms with E-state index in [0.717, 1.165) is 32.6 Å². The molecule has 1 aliphatic heterocycles. The van der Waals surface area contributed by atoms with Crippen molar-refractivity contribution in [2.75, 3.05) is 39.3 Å². The van der Waals surface area contributed by atoms with Crippen LogP contribution in [0.4, 0.5) is 0 Å². The highest BCUT2D eigenvalue weighted by molar-refractivity contribution is 5.79. The Morgan fingerprint density at radius 3 is 2.04 bits per heavy atom. The third kappa shape index (κ3) is 7.18. The fourth-order valence-electron chi connectivity index (χ4n) is 3.22. The van der Waals surface area contributed by atoms with Gasteiger partial charge in [0.25, 0.3) is 0 Å². The Balaban J connectivity index is 1.69. The van der Waals surface area contributed by atoms with Crippen molar-refractivity contribution in [3.63, 3.8) is 0 Å². The first-order valence-electron chi connectivity index (χ1n) is 9.28. The zero-order valence-electron chi connectivity index (χ0n) is 15.7. The molecule has 1 saturated heterocycles. The largest absolute Gasteiger partial charge is 0.352 e. The molecule has 138 valence electrons. The summed E-state index contributed by atoms with van der Waals surface area (Å²) in [6.45, 7) is 12.5. The van der Waals surface area contributed by atoms with Crippen molar-refractivity contribution in [3.8, 4) is 0 Å². The fraction of sp³-hybridized carbons (Fsp3) is 0.889. The highest BCUT2D eigenvalue weighted by atomic mass is 16.2. The second kappa shape index (κ2) is 8.30. The van der Waals surface area contributed by atoms with Gasteiger partial charge in [0.1, 0.15) is 0 Å². The Kier molecular flexibility index (Phi) is 6.63. The summed E-state index contributed by atoms with van der Waals surface area (Å²) in [6.07, 6.45) is 3.49. The van der Waals surface area contributed by atoms with E-state index in [1.165, 1.54) is 12.8 Å². The second-order valence-electron chi connectivity index (χ2n) is 8.40. The molecule has 6 heteroatoms. The minimum atomic E-state index is -0.189. The van der Waals surface area contributed by atoms with Gasteiger partial charge in [-0.25, -0.2) is 0 Å². The molecule has 0 aromatic rings. The lowest BCUT2D eigenvalue weighted by atomic mass is 10.1. The molecule has 1 atom stereocenters. The number of amides is 2. The van der Waals surface area contributed by atoms with Crippen LogP contribution < -0.4 is 10.6 Å². The van der Waals surface area contributed by atoms with E-state index in [2.05, 4.69) is 27.4 Å². The number of nitrogens with zero attached hydrogens (tertiary/aromatic N) is 2. The van der Waals surface area contributed by atoms with Crippen LogP contribution in [0.1, 0.15) is 47.0 Å². The van der Waals surface area contributed by atoms with Gasteiger partial charge < -0.3 is 10.6 Å². The molecule has 0 radical (unpaired) electrons. The SMILES string of the molecule is CC(NC(=O)CN1CCCN(CC(=O)NC(C)(C)C)CC1)C1CC1. The van der Waals surface area contributed by atoms with Crippen LogP contribution >= 0.6 is 0 Å². The van der Waals surface area contributed by atoms with Crippen LogP contribution in [0.2, 0.25) is 0 Å². The van der Waals surface area contributed by atoms with Crippen LogP contribution in [0.15, 0.2) is 0 Å². The summed E-state index contributed by atoms with van der Waals surface area (Å²) in [5, 5.41) is 6.13. The summed E-state index contributed by atoms with van der Waals surface area (Å²) in [6, 6.07) is 0.307. The minimum absolute atomic E-state index is 0.0759. The maximum atomic E-state index is 12.2. The first kappa shape index (κ1) is 19.2. The van der Waals surface area contributed by atoms with Crippen LogP contribution in [0, 0.1) is 5.92 Å². The first-order valence-corrected chi connectivity index (χ1v) is 9.28. The maximum absolute atomic E-state index is 12.2. The zero-order chi connectivity index (χ0) is 17.7. The minimum Gasteiger partial charge on any atom is -0.352 e. The molecule has 6 nitrogen and oxygen atoms in total. The van der Waals surface area contributed by atoms with Crippen molar-refractivity contribution < 1.29 is 9.59 Å². The standard InChI is InChI=1S/C18H34N4O2/c1-14(15-6-7-15)19-16(23)12-21-8-5-9-22(11-10-21)13-17(24)20-18(2,3)4/h14-15H,5-13H2,1-4H3,(H,19,23)(H,20,24). The summed E-state index contributed by atoms with van der Waals surface area (Å²) in [4.78, 5) is 28.6. The van der Waals surface area contributed by atoms with Gasteiger partial charge >= 0.3 is 0 Å². The second-order valence-corrected chi connectivity index (χ2v) is 8.40. The Morgan fingerprint density at radius 1 is 1.00 bits per heavy atom. The van der Waals surface area contributed by atoms with Gasteiger partial charge in [-0.3, -0.25) is 19.4 Å². The Labute approximate surface area is 146 Å². The lowest BCUT2D eigenvalue weighted by Gasteiger charge is -2.25. The van der Waals surface area contributed by atoms with E-state index < -0.39 is 0 Å². The lowest BCUT2D eigenvalue weighted by Crippen LogP contribution is -2.47. The summed E-state index contributed by atoms with van der Waals surface area (Å²) in [5.41, 5.74) is -0.189. The summed E-state index contributed by atoms with van der Waals surface area (Å²) in [5.74, 6) is 0.898. The monoisotopic (exact) mass is 338 g/mol. The molecule has 2 aliphatic rings. The van der Waals surface area contributed by atoms with Crippen LogP contribution in [-0.2, 0) is 9.59 Å². The van der Waals surface area contributed by atoms with Crippen molar-refractivity contribution in [3.05, 3.63) is 0 Å². The van der Waals surface area contributed by atoms with Crippen LogP contribution in [0.5, 0.6) is 0 Å². The molecular weight excluding hydrogens is 304 g/mol. The van der Waals surface area contributed by atoms with E-state index in [-0.39, 0.29) is 17.4 Å². The molecule has 1 aliphatic carbocycles. The first-order chi connectivity index (χ1) is 11.2. The van der Waals surface area contributed by atoms with Gasteiger partial charge in [0.15, 0.2) is 0 Å². The smallest absolute Gasteiger partial charge is 0.234 e. The molecule has 1 unspecified atom stereocenters. The number of carbonyl (C=O) groups is 2. The highest BCUT2D eigenvalue weighted by Gasteiger charge is 2.29. The topological polar surface area (TPSA) is 64.7 Å². The van der Waals surface area contributed by atoms with E-state index in [4.69, 9.17) is 0 Å². The molecule has 24 heavy (non-hydrogen) atoms. The molecule has 2 amide bonds. The van der Waals surface area contributed by atoms with E-state index in [0.29, 0.717) is 25.0 Å². The molecule has 0 spiro atoms. The summed E-state index contributed by atoms with van der Waals surface area (Å²) >= 11 is 0. The Hall–Kier alpha value is -1.14. The van der Waals surface area contributed by atoms with Gasteiger partial charge in [0, 0.05) is 24.7 Å². The highest BCUT2D eigenvalue weighted by Crippen LogP contribution is 2.32. The van der Waals surface area contributed by atoms with E-state index in [1.54, 1.807) is 0 Å². The number of hydrogen-bond acceptors (Lipinski definition) is 4. The molecule has 2 rings (SSSR count). The van der Waals surface area contributed by atoms with Gasteiger partial charge in [0.2, 0.25) is 11.8 Å². The quantitative estimate of drug-likeness (QED) is 0.753. The van der Waals surface area contributed by atoms with Gasteiger partial charge in [-0.1, -0.05) is 0 Å². The number of hydrogen-bond donors (Lipinski definition) is 2. The van der Waals surface area contributed by atoms with Crippen molar-refractivity contribution in [2.45, 2.75) is 58.5 Å². The average Bonchev–Trinajstić information content (AvgIpc) is 3.25. The van der Waals surface area contributed by atoms with Crippen molar-refractivity contribution in [1.82, 2.24) is 20.4 Å². The van der Waals surface area contributed by atoms with Crippen molar-refractivity contribution in [1.29, 1.82) is 0 Å². The molecule has 1 saturated carbocycles. The molecule has 0 aromatic heterocycles. The van der Waals surface area contributed by atoms with Gasteiger partial charge in [0.05, 0.1) is 13.1 Å². The Bertz CT molecular complexity index is 443. The number of carbonyl (C=O) groups excluding carboxylic acids is 2. The van der Waals surface area contributed by atoms with Crippen LogP contribution in [-0.4, -0.2) is 72.5 Å². The van der Waals surface area contributed by atoms with Crippen molar-refractivity contribution >= 4 is 11.8 Å². The van der Waals surface area contributed by atoms with Crippen LogP contribution in [0.3, 0.4) is 0 Å². The third-order valence-corrected chi connectivity index (χ3v) is 4.65. The fourth-order valence-corrected chi connectivity index (χ4v) is 3.22. The summed E-state index contributed by atoms with van der Waals surface area (Å²) in [7, 11) is 0. The number of rotatable bonds is 6. The van der Waals surface area contributed by atoms with E-state index in [1.807, 2.05) is 20.8 Å².